The summed E-state index contributed by atoms with van der Waals surface area (Å²) in [5.74, 6) is -0.477. The average molecular weight is 314 g/mol. The largest absolute Gasteiger partial charge is 0.465 e. The highest BCUT2D eigenvalue weighted by Crippen LogP contribution is 2.38. The van der Waals surface area contributed by atoms with Gasteiger partial charge in [-0.25, -0.2) is 13.6 Å². The van der Waals surface area contributed by atoms with Crippen LogP contribution in [-0.4, -0.2) is 19.5 Å². The van der Waals surface area contributed by atoms with Gasteiger partial charge in [0.05, 0.1) is 12.7 Å². The normalized spacial score (nSPS) is 13.9. The van der Waals surface area contributed by atoms with Crippen LogP contribution in [0.3, 0.4) is 0 Å². The fraction of sp³-hybridized carbons (Fsp3) is 0.211. The number of hydrogen-bond acceptors (Lipinski definition) is 2. The summed E-state index contributed by atoms with van der Waals surface area (Å²) in [6.07, 6.45) is -1.58. The third-order valence-corrected chi connectivity index (χ3v) is 4.11. The SMILES string of the molecule is COC(=O)c1cccc(C2=C(C(F)F)CCc3ccccc32)c1. The van der Waals surface area contributed by atoms with E-state index in [1.807, 2.05) is 24.3 Å². The molecular weight excluding hydrogens is 298 g/mol. The van der Waals surface area contributed by atoms with Crippen molar-refractivity contribution >= 4 is 11.5 Å². The van der Waals surface area contributed by atoms with E-state index in [2.05, 4.69) is 0 Å². The van der Waals surface area contributed by atoms with Crippen molar-refractivity contribution in [1.29, 1.82) is 0 Å². The Morgan fingerprint density at radius 1 is 1.09 bits per heavy atom. The number of benzene rings is 2. The molecule has 0 aliphatic heterocycles. The summed E-state index contributed by atoms with van der Waals surface area (Å²) in [5, 5.41) is 0. The van der Waals surface area contributed by atoms with Crippen molar-refractivity contribution in [3.63, 3.8) is 0 Å². The molecule has 0 atom stereocenters. The van der Waals surface area contributed by atoms with E-state index in [1.165, 1.54) is 7.11 Å². The second-order valence-corrected chi connectivity index (χ2v) is 5.43. The van der Waals surface area contributed by atoms with Crippen LogP contribution in [-0.2, 0) is 11.2 Å². The van der Waals surface area contributed by atoms with Crippen LogP contribution in [0.5, 0.6) is 0 Å². The molecule has 0 unspecified atom stereocenters. The van der Waals surface area contributed by atoms with Crippen molar-refractivity contribution in [2.45, 2.75) is 19.3 Å². The first-order valence-electron chi connectivity index (χ1n) is 7.40. The summed E-state index contributed by atoms with van der Waals surface area (Å²) in [6, 6.07) is 14.3. The molecule has 118 valence electrons. The van der Waals surface area contributed by atoms with E-state index >= 15 is 0 Å². The van der Waals surface area contributed by atoms with Crippen LogP contribution in [0.1, 0.15) is 33.5 Å². The number of rotatable bonds is 3. The molecule has 0 spiro atoms. The Morgan fingerprint density at radius 3 is 2.61 bits per heavy atom. The van der Waals surface area contributed by atoms with Crippen molar-refractivity contribution in [3.8, 4) is 0 Å². The van der Waals surface area contributed by atoms with Gasteiger partial charge in [0.15, 0.2) is 0 Å². The van der Waals surface area contributed by atoms with E-state index in [4.69, 9.17) is 4.74 Å². The van der Waals surface area contributed by atoms with Crippen molar-refractivity contribution in [1.82, 2.24) is 0 Å². The van der Waals surface area contributed by atoms with Gasteiger partial charge in [-0.05, 0) is 47.2 Å². The Labute approximate surface area is 133 Å². The van der Waals surface area contributed by atoms with Crippen molar-refractivity contribution in [2.75, 3.05) is 7.11 Å². The zero-order valence-corrected chi connectivity index (χ0v) is 12.7. The molecule has 0 bridgehead atoms. The smallest absolute Gasteiger partial charge is 0.337 e. The van der Waals surface area contributed by atoms with Gasteiger partial charge >= 0.3 is 5.97 Å². The molecule has 23 heavy (non-hydrogen) atoms. The maximum atomic E-state index is 13.5. The minimum Gasteiger partial charge on any atom is -0.465 e. The Bertz CT molecular complexity index is 778. The molecule has 0 saturated heterocycles. The van der Waals surface area contributed by atoms with Gasteiger partial charge in [0.25, 0.3) is 6.43 Å². The number of hydrogen-bond donors (Lipinski definition) is 0. The number of allylic oxidation sites excluding steroid dienone is 1. The predicted octanol–water partition coefficient (Wildman–Crippen LogP) is 4.49. The molecule has 0 fully saturated rings. The van der Waals surface area contributed by atoms with Crippen molar-refractivity contribution < 1.29 is 18.3 Å². The molecule has 1 aliphatic rings. The van der Waals surface area contributed by atoms with Crippen LogP contribution in [0.25, 0.3) is 5.57 Å². The Morgan fingerprint density at radius 2 is 1.87 bits per heavy atom. The van der Waals surface area contributed by atoms with Gasteiger partial charge in [0.1, 0.15) is 0 Å². The highest BCUT2D eigenvalue weighted by Gasteiger charge is 2.25. The molecular formula is C19H16F2O2. The fourth-order valence-electron chi connectivity index (χ4n) is 3.03. The minimum atomic E-state index is -2.51. The number of alkyl halides is 2. The average Bonchev–Trinajstić information content (AvgIpc) is 2.60. The lowest BCUT2D eigenvalue weighted by atomic mass is 9.82. The lowest BCUT2D eigenvalue weighted by molar-refractivity contribution is 0.0600. The van der Waals surface area contributed by atoms with E-state index in [0.29, 0.717) is 29.5 Å². The third-order valence-electron chi connectivity index (χ3n) is 4.11. The zero-order valence-electron chi connectivity index (χ0n) is 12.7. The number of carbonyl (C=O) groups is 1. The van der Waals surface area contributed by atoms with Crippen LogP contribution in [0.2, 0.25) is 0 Å². The highest BCUT2D eigenvalue weighted by atomic mass is 19.3. The summed E-state index contributed by atoms with van der Waals surface area (Å²) in [6.45, 7) is 0. The number of carbonyl (C=O) groups excluding carboxylic acids is 1. The first kappa shape index (κ1) is 15.4. The topological polar surface area (TPSA) is 26.3 Å². The van der Waals surface area contributed by atoms with Crippen LogP contribution in [0, 0.1) is 0 Å². The van der Waals surface area contributed by atoms with E-state index in [0.717, 1.165) is 11.1 Å². The van der Waals surface area contributed by atoms with Crippen LogP contribution < -0.4 is 0 Å². The van der Waals surface area contributed by atoms with Crippen molar-refractivity contribution in [2.24, 2.45) is 0 Å². The molecule has 2 nitrogen and oxygen atoms in total. The van der Waals surface area contributed by atoms with Crippen molar-refractivity contribution in [3.05, 3.63) is 76.4 Å². The lowest BCUT2D eigenvalue weighted by Gasteiger charge is -2.24. The predicted molar refractivity (Wildman–Crippen MR) is 84.6 cm³/mol. The van der Waals surface area contributed by atoms with E-state index < -0.39 is 12.4 Å². The number of methoxy groups -OCH3 is 1. The number of ether oxygens (including phenoxy) is 1. The number of fused-ring (bicyclic) bond motifs is 1. The van der Waals surface area contributed by atoms with E-state index in [-0.39, 0.29) is 5.57 Å². The van der Waals surface area contributed by atoms with Crippen LogP contribution in [0.4, 0.5) is 8.78 Å². The number of esters is 1. The van der Waals surface area contributed by atoms with E-state index in [9.17, 15) is 13.6 Å². The molecule has 2 aromatic rings. The number of halogens is 2. The third kappa shape index (κ3) is 2.89. The molecule has 0 saturated carbocycles. The summed E-state index contributed by atoms with van der Waals surface area (Å²) < 4.78 is 31.8. The van der Waals surface area contributed by atoms with Gasteiger partial charge < -0.3 is 4.74 Å². The molecule has 0 N–H and O–H groups in total. The summed E-state index contributed by atoms with van der Waals surface area (Å²) in [4.78, 5) is 11.7. The Balaban J connectivity index is 2.20. The Kier molecular flexibility index (Phi) is 4.24. The summed E-state index contributed by atoms with van der Waals surface area (Å²) in [5.41, 5.74) is 3.51. The Hall–Kier alpha value is -2.49. The first-order valence-corrected chi connectivity index (χ1v) is 7.40. The summed E-state index contributed by atoms with van der Waals surface area (Å²) in [7, 11) is 1.30. The first-order chi connectivity index (χ1) is 11.1. The molecule has 0 radical (unpaired) electrons. The zero-order chi connectivity index (χ0) is 16.4. The maximum Gasteiger partial charge on any atom is 0.337 e. The molecule has 0 amide bonds. The minimum absolute atomic E-state index is 0.130. The summed E-state index contributed by atoms with van der Waals surface area (Å²) >= 11 is 0. The van der Waals surface area contributed by atoms with Gasteiger partial charge in [-0.15, -0.1) is 0 Å². The fourth-order valence-corrected chi connectivity index (χ4v) is 3.03. The second kappa shape index (κ2) is 6.32. The molecule has 1 aliphatic carbocycles. The highest BCUT2D eigenvalue weighted by molar-refractivity contribution is 5.92. The van der Waals surface area contributed by atoms with Crippen LogP contribution in [0.15, 0.2) is 54.1 Å². The van der Waals surface area contributed by atoms with E-state index in [1.54, 1.807) is 24.3 Å². The van der Waals surface area contributed by atoms with Gasteiger partial charge in [0.2, 0.25) is 0 Å². The maximum absolute atomic E-state index is 13.5. The van der Waals surface area contributed by atoms with Crippen LogP contribution >= 0.6 is 0 Å². The quantitative estimate of drug-likeness (QED) is 0.781. The van der Waals surface area contributed by atoms with Gasteiger partial charge in [-0.1, -0.05) is 36.4 Å². The monoisotopic (exact) mass is 314 g/mol. The molecule has 2 aromatic carbocycles. The number of aryl methyl sites for hydroxylation is 1. The molecule has 4 heteroatoms. The van der Waals surface area contributed by atoms with Gasteiger partial charge in [0, 0.05) is 5.57 Å². The second-order valence-electron chi connectivity index (χ2n) is 5.43. The standard InChI is InChI=1S/C19H16F2O2/c1-23-19(22)14-7-4-6-13(11-14)17-15-8-3-2-5-12(15)9-10-16(17)18(20)21/h2-8,11,18H,9-10H2,1H3. The molecule has 0 aromatic heterocycles. The lowest BCUT2D eigenvalue weighted by Crippen LogP contribution is -2.12. The van der Waals surface area contributed by atoms with Gasteiger partial charge in [-0.3, -0.25) is 0 Å². The molecule has 3 rings (SSSR count). The molecule has 0 heterocycles. The van der Waals surface area contributed by atoms with Gasteiger partial charge in [-0.2, -0.15) is 0 Å².